The fourth-order valence-electron chi connectivity index (χ4n) is 5.38. The second kappa shape index (κ2) is 12.6. The lowest BCUT2D eigenvalue weighted by Crippen LogP contribution is -2.19. The maximum Gasteiger partial charge on any atom is 0.419 e. The number of halogens is 9. The van der Waals surface area contributed by atoms with Gasteiger partial charge in [-0.1, -0.05) is 23.7 Å². The highest BCUT2D eigenvalue weighted by Crippen LogP contribution is 2.65. The van der Waals surface area contributed by atoms with Crippen molar-refractivity contribution in [1.82, 2.24) is 0 Å². The number of alkyl halides is 5. The third kappa shape index (κ3) is 6.86. The van der Waals surface area contributed by atoms with Crippen molar-refractivity contribution in [2.45, 2.75) is 35.7 Å². The van der Waals surface area contributed by atoms with Crippen LogP contribution in [-0.4, -0.2) is 35.0 Å². The standard InChI is InChI=1S/C31H22Cl3F6NO4/c32-21-4-3-17(41-29(44)27-26(30(27,33)34)14-1-6-23(36)20(9-14)31(38,39)40)11-18(21)25(43)10-15-2-5-22(35)19(28(15)37)12-24(42)16-7-8-45-13-16/h1-6,9,11,16,26-27H,7-8,10,12-13H2,(H,41,44)/t16?,26-,27+/m0/s1. The van der Waals surface area contributed by atoms with Crippen LogP contribution in [0.2, 0.25) is 5.02 Å². The molecule has 0 aromatic heterocycles. The van der Waals surface area contributed by atoms with Crippen molar-refractivity contribution in [3.05, 3.63) is 98.8 Å². The van der Waals surface area contributed by atoms with Crippen molar-refractivity contribution in [2.24, 2.45) is 11.8 Å². The lowest BCUT2D eigenvalue weighted by molar-refractivity contribution is -0.140. The van der Waals surface area contributed by atoms with Gasteiger partial charge in [0, 0.05) is 48.1 Å². The summed E-state index contributed by atoms with van der Waals surface area (Å²) in [5, 5.41) is 2.45. The molecule has 238 valence electrons. The molecular formula is C31H22Cl3F6NO4. The van der Waals surface area contributed by atoms with E-state index in [1.54, 1.807) is 0 Å². The molecule has 2 fully saturated rings. The number of ether oxygens (including phenoxy) is 1. The minimum atomic E-state index is -4.99. The monoisotopic (exact) mass is 691 g/mol. The predicted molar refractivity (Wildman–Crippen MR) is 154 cm³/mol. The number of carbonyl (C=O) groups excluding carboxylic acids is 3. The number of nitrogens with one attached hydrogen (secondary N) is 1. The van der Waals surface area contributed by atoms with Gasteiger partial charge in [0.1, 0.15) is 27.6 Å². The van der Waals surface area contributed by atoms with Crippen LogP contribution in [-0.2, 0) is 33.3 Å². The van der Waals surface area contributed by atoms with Crippen molar-refractivity contribution in [3.8, 4) is 0 Å². The molecule has 1 saturated carbocycles. The van der Waals surface area contributed by atoms with Crippen molar-refractivity contribution in [3.63, 3.8) is 0 Å². The van der Waals surface area contributed by atoms with Gasteiger partial charge in [0.25, 0.3) is 0 Å². The van der Waals surface area contributed by atoms with E-state index in [-0.39, 0.29) is 39.8 Å². The molecule has 2 aliphatic rings. The predicted octanol–water partition coefficient (Wildman–Crippen LogP) is 7.88. The molecule has 14 heteroatoms. The lowest BCUT2D eigenvalue weighted by atomic mass is 9.94. The number of hydrogen-bond acceptors (Lipinski definition) is 4. The maximum absolute atomic E-state index is 15.3. The SMILES string of the molecule is O=C(Cc1ccc(F)c(CC(=O)C2CCOC2)c1F)c1cc(NC(=O)[C@H]2[C@H](c3ccc(F)c(C(F)(F)F)c3)C2(Cl)Cl)ccc1Cl. The van der Waals surface area contributed by atoms with Crippen molar-refractivity contribution in [1.29, 1.82) is 0 Å². The van der Waals surface area contributed by atoms with Crippen LogP contribution >= 0.6 is 34.8 Å². The molecular weight excluding hydrogens is 671 g/mol. The van der Waals surface area contributed by atoms with E-state index in [1.807, 2.05) is 0 Å². The van der Waals surface area contributed by atoms with Crippen molar-refractivity contribution in [2.75, 3.05) is 18.5 Å². The van der Waals surface area contributed by atoms with Crippen LogP contribution in [0.15, 0.2) is 48.5 Å². The van der Waals surface area contributed by atoms with E-state index < -0.39 is 81.4 Å². The second-order valence-electron chi connectivity index (χ2n) is 10.9. The molecule has 5 nitrogen and oxygen atoms in total. The Morgan fingerprint density at radius 2 is 1.67 bits per heavy atom. The topological polar surface area (TPSA) is 72.5 Å². The Morgan fingerprint density at radius 1 is 0.956 bits per heavy atom. The smallest absolute Gasteiger partial charge is 0.381 e. The number of carbonyl (C=O) groups is 3. The number of ketones is 2. The molecule has 1 aliphatic carbocycles. The average Bonchev–Trinajstić information content (AvgIpc) is 3.27. The zero-order valence-electron chi connectivity index (χ0n) is 22.9. The minimum Gasteiger partial charge on any atom is -0.381 e. The molecule has 0 spiro atoms. The molecule has 5 rings (SSSR count). The van der Waals surface area contributed by atoms with E-state index in [0.717, 1.165) is 18.2 Å². The van der Waals surface area contributed by atoms with Gasteiger partial charge in [-0.05, 0) is 53.9 Å². The van der Waals surface area contributed by atoms with Crippen LogP contribution in [0.4, 0.5) is 32.0 Å². The van der Waals surface area contributed by atoms with Crippen LogP contribution in [0.1, 0.15) is 45.0 Å². The molecule has 3 aromatic rings. The van der Waals surface area contributed by atoms with Crippen molar-refractivity contribution >= 4 is 58.0 Å². The van der Waals surface area contributed by atoms with E-state index in [2.05, 4.69) is 5.32 Å². The van der Waals surface area contributed by atoms with Gasteiger partial charge < -0.3 is 10.1 Å². The Morgan fingerprint density at radius 3 is 2.33 bits per heavy atom. The zero-order chi connectivity index (χ0) is 32.8. The van der Waals surface area contributed by atoms with Gasteiger partial charge >= 0.3 is 6.18 Å². The van der Waals surface area contributed by atoms with Gasteiger partial charge in [0.2, 0.25) is 5.91 Å². The summed E-state index contributed by atoms with van der Waals surface area (Å²) in [5.74, 6) is -8.12. The molecule has 3 atom stereocenters. The fourth-order valence-corrected chi connectivity index (χ4v) is 6.43. The molecule has 45 heavy (non-hydrogen) atoms. The van der Waals surface area contributed by atoms with Crippen LogP contribution < -0.4 is 5.32 Å². The first-order valence-corrected chi connectivity index (χ1v) is 14.7. The Bertz CT molecular complexity index is 1690. The number of Topliss-reactive ketones (excluding diaryl/α,β-unsaturated/α-hetero) is 2. The molecule has 1 amide bonds. The lowest BCUT2D eigenvalue weighted by Gasteiger charge is -2.12. The van der Waals surface area contributed by atoms with Gasteiger partial charge in [-0.2, -0.15) is 13.2 Å². The molecule has 1 saturated heterocycles. The third-order valence-electron chi connectivity index (χ3n) is 7.88. The van der Waals surface area contributed by atoms with Gasteiger partial charge in [0.15, 0.2) is 5.78 Å². The van der Waals surface area contributed by atoms with Crippen LogP contribution in [0, 0.1) is 29.3 Å². The van der Waals surface area contributed by atoms with E-state index in [4.69, 9.17) is 39.5 Å². The number of benzene rings is 3. The van der Waals surface area contributed by atoms with Crippen LogP contribution in [0.25, 0.3) is 0 Å². The first-order valence-electron chi connectivity index (χ1n) is 13.5. The van der Waals surface area contributed by atoms with E-state index in [1.165, 1.54) is 18.2 Å². The summed E-state index contributed by atoms with van der Waals surface area (Å²) in [6.07, 6.45) is -5.59. The molecule has 1 aliphatic heterocycles. The summed E-state index contributed by atoms with van der Waals surface area (Å²) in [5.41, 5.74) is -2.34. The molecule has 1 unspecified atom stereocenters. The zero-order valence-corrected chi connectivity index (χ0v) is 25.2. The normalized spacial score (nSPS) is 20.6. The summed E-state index contributed by atoms with van der Waals surface area (Å²) in [7, 11) is 0. The Hall–Kier alpha value is -3.12. The van der Waals surface area contributed by atoms with Gasteiger partial charge in [-0.15, -0.1) is 23.2 Å². The number of rotatable bonds is 9. The second-order valence-corrected chi connectivity index (χ2v) is 12.7. The Balaban J connectivity index is 1.31. The quantitative estimate of drug-likeness (QED) is 0.141. The summed E-state index contributed by atoms with van der Waals surface area (Å²) >= 11 is 18.7. The molecule has 1 N–H and O–H groups in total. The molecule has 3 aromatic carbocycles. The Labute approximate surface area is 267 Å². The highest BCUT2D eigenvalue weighted by Gasteiger charge is 2.67. The van der Waals surface area contributed by atoms with E-state index in [9.17, 15) is 36.3 Å². The van der Waals surface area contributed by atoms with Gasteiger partial charge in [-0.25, -0.2) is 13.2 Å². The largest absolute Gasteiger partial charge is 0.419 e. The highest BCUT2D eigenvalue weighted by atomic mass is 35.5. The third-order valence-corrected chi connectivity index (χ3v) is 9.15. The first kappa shape index (κ1) is 33.2. The van der Waals surface area contributed by atoms with E-state index in [0.29, 0.717) is 25.2 Å². The van der Waals surface area contributed by atoms with Crippen LogP contribution in [0.3, 0.4) is 0 Å². The summed E-state index contributed by atoms with van der Waals surface area (Å²) in [6.45, 7) is 0.558. The Kier molecular flexibility index (Phi) is 9.30. The van der Waals surface area contributed by atoms with Crippen LogP contribution in [0.5, 0.6) is 0 Å². The number of anilines is 1. The summed E-state index contributed by atoms with van der Waals surface area (Å²) in [6, 6.07) is 8.10. The summed E-state index contributed by atoms with van der Waals surface area (Å²) in [4.78, 5) is 38.7. The number of hydrogen-bond donors (Lipinski definition) is 1. The molecule has 0 radical (unpaired) electrons. The van der Waals surface area contributed by atoms with Gasteiger partial charge in [-0.3, -0.25) is 14.4 Å². The molecule has 1 heterocycles. The highest BCUT2D eigenvalue weighted by molar-refractivity contribution is 6.53. The molecule has 0 bridgehead atoms. The van der Waals surface area contributed by atoms with Gasteiger partial charge in [0.05, 0.1) is 23.1 Å². The van der Waals surface area contributed by atoms with E-state index >= 15 is 4.39 Å². The number of amides is 1. The van der Waals surface area contributed by atoms with Crippen molar-refractivity contribution < 1.29 is 45.5 Å². The minimum absolute atomic E-state index is 0.0438. The maximum atomic E-state index is 15.3. The summed E-state index contributed by atoms with van der Waals surface area (Å²) < 4.78 is 86.5. The average molecular weight is 693 g/mol. The fraction of sp³-hybridized carbons (Fsp3) is 0.323. The first-order chi connectivity index (χ1) is 21.1.